The first-order valence-corrected chi connectivity index (χ1v) is 5.87. The molecule has 90 valence electrons. The van der Waals surface area contributed by atoms with Gasteiger partial charge in [0.15, 0.2) is 0 Å². The lowest BCUT2D eigenvalue weighted by Gasteiger charge is -2.35. The molecule has 0 bridgehead atoms. The summed E-state index contributed by atoms with van der Waals surface area (Å²) in [6.07, 6.45) is 1.92. The minimum atomic E-state index is -0.259. The molecular weight excluding hydrogens is 190 g/mol. The van der Waals surface area contributed by atoms with Crippen LogP contribution in [0.3, 0.4) is 0 Å². The molecule has 1 heterocycles. The topological polar surface area (TPSA) is 32.7 Å². The fourth-order valence-electron chi connectivity index (χ4n) is 1.82. The van der Waals surface area contributed by atoms with E-state index in [0.717, 1.165) is 32.6 Å². The van der Waals surface area contributed by atoms with Crippen LogP contribution in [0.15, 0.2) is 0 Å². The van der Waals surface area contributed by atoms with Crippen LogP contribution < -0.4 is 0 Å². The monoisotopic (exact) mass is 215 g/mol. The molecule has 1 aliphatic rings. The van der Waals surface area contributed by atoms with E-state index in [0.29, 0.717) is 6.04 Å². The number of hydrogen-bond donors (Lipinski definition) is 1. The molecular formula is C12H25NO2. The van der Waals surface area contributed by atoms with Crippen LogP contribution in [0.25, 0.3) is 0 Å². The van der Waals surface area contributed by atoms with Crippen molar-refractivity contribution in [3.8, 4) is 0 Å². The molecule has 0 spiro atoms. The van der Waals surface area contributed by atoms with Crippen LogP contribution in [0.2, 0.25) is 0 Å². The summed E-state index contributed by atoms with van der Waals surface area (Å²) in [7, 11) is 2.10. The Kier molecular flexibility index (Phi) is 4.56. The number of nitrogens with zero attached hydrogens (tertiary/aromatic N) is 1. The van der Waals surface area contributed by atoms with Gasteiger partial charge in [-0.2, -0.15) is 0 Å². The van der Waals surface area contributed by atoms with E-state index in [-0.39, 0.29) is 11.5 Å². The van der Waals surface area contributed by atoms with Crippen LogP contribution in [0.4, 0.5) is 0 Å². The first kappa shape index (κ1) is 12.9. The predicted molar refractivity (Wildman–Crippen MR) is 61.9 cm³/mol. The van der Waals surface area contributed by atoms with Crippen molar-refractivity contribution in [1.29, 1.82) is 0 Å². The lowest BCUT2D eigenvalue weighted by Crippen LogP contribution is -2.44. The first-order chi connectivity index (χ1) is 6.91. The Morgan fingerprint density at radius 2 is 1.87 bits per heavy atom. The van der Waals surface area contributed by atoms with Gasteiger partial charge in [-0.3, -0.25) is 0 Å². The Bertz CT molecular complexity index is 183. The van der Waals surface area contributed by atoms with Crippen LogP contribution in [-0.2, 0) is 4.74 Å². The van der Waals surface area contributed by atoms with Crippen molar-refractivity contribution in [2.24, 2.45) is 5.41 Å². The smallest absolute Gasteiger partial charge is 0.0715 e. The summed E-state index contributed by atoms with van der Waals surface area (Å²) in [6.45, 7) is 8.72. The summed E-state index contributed by atoms with van der Waals surface area (Å²) in [5.41, 5.74) is -0.0283. The summed E-state index contributed by atoms with van der Waals surface area (Å²) in [5, 5.41) is 10.0. The Morgan fingerprint density at radius 1 is 1.33 bits per heavy atom. The summed E-state index contributed by atoms with van der Waals surface area (Å²) in [4.78, 5) is 2.28. The minimum absolute atomic E-state index is 0.0283. The van der Waals surface area contributed by atoms with Gasteiger partial charge >= 0.3 is 0 Å². The summed E-state index contributed by atoms with van der Waals surface area (Å²) in [5.74, 6) is 0. The minimum Gasteiger partial charge on any atom is -0.391 e. The SMILES string of the molecule is CN(CC(O)C(C)(C)C)C1CCOCC1. The third kappa shape index (κ3) is 4.09. The maximum Gasteiger partial charge on any atom is 0.0715 e. The number of aliphatic hydroxyl groups is 1. The van der Waals surface area contributed by atoms with E-state index in [4.69, 9.17) is 4.74 Å². The van der Waals surface area contributed by atoms with Gasteiger partial charge in [0.1, 0.15) is 0 Å². The number of ether oxygens (including phenoxy) is 1. The fraction of sp³-hybridized carbons (Fsp3) is 1.00. The van der Waals surface area contributed by atoms with Crippen molar-refractivity contribution in [3.05, 3.63) is 0 Å². The van der Waals surface area contributed by atoms with Crippen LogP contribution >= 0.6 is 0 Å². The molecule has 0 amide bonds. The molecule has 1 N–H and O–H groups in total. The molecule has 3 nitrogen and oxygen atoms in total. The van der Waals surface area contributed by atoms with Gasteiger partial charge in [-0.1, -0.05) is 20.8 Å². The van der Waals surface area contributed by atoms with Crippen LogP contribution in [0, 0.1) is 5.41 Å². The highest BCUT2D eigenvalue weighted by atomic mass is 16.5. The van der Waals surface area contributed by atoms with Gasteiger partial charge in [-0.25, -0.2) is 0 Å². The van der Waals surface area contributed by atoms with Gasteiger partial charge < -0.3 is 14.7 Å². The normalized spacial score (nSPS) is 22.0. The van der Waals surface area contributed by atoms with Crippen LogP contribution in [0.1, 0.15) is 33.6 Å². The molecule has 1 unspecified atom stereocenters. The zero-order chi connectivity index (χ0) is 11.5. The Morgan fingerprint density at radius 3 is 2.33 bits per heavy atom. The molecule has 0 aliphatic carbocycles. The zero-order valence-corrected chi connectivity index (χ0v) is 10.5. The molecule has 1 rings (SSSR count). The fourth-order valence-corrected chi connectivity index (χ4v) is 1.82. The lowest BCUT2D eigenvalue weighted by molar-refractivity contribution is -0.00342. The quantitative estimate of drug-likeness (QED) is 0.774. The lowest BCUT2D eigenvalue weighted by atomic mass is 9.88. The molecule has 1 saturated heterocycles. The van der Waals surface area contributed by atoms with Gasteiger partial charge in [0.05, 0.1) is 6.10 Å². The molecule has 0 aromatic heterocycles. The third-order valence-electron chi connectivity index (χ3n) is 3.27. The Labute approximate surface area is 93.4 Å². The first-order valence-electron chi connectivity index (χ1n) is 5.87. The molecule has 3 heteroatoms. The van der Waals surface area contributed by atoms with Crippen molar-refractivity contribution in [2.45, 2.75) is 45.8 Å². The molecule has 1 fully saturated rings. The van der Waals surface area contributed by atoms with E-state index in [9.17, 15) is 5.11 Å². The number of rotatable bonds is 3. The average molecular weight is 215 g/mol. The number of hydrogen-bond acceptors (Lipinski definition) is 3. The maximum absolute atomic E-state index is 10.0. The standard InChI is InChI=1S/C12H25NO2/c1-12(2,3)11(14)9-13(4)10-5-7-15-8-6-10/h10-11,14H,5-9H2,1-4H3. The summed E-state index contributed by atoms with van der Waals surface area (Å²) >= 11 is 0. The van der Waals surface area contributed by atoms with E-state index in [1.54, 1.807) is 0 Å². The van der Waals surface area contributed by atoms with E-state index in [2.05, 4.69) is 32.7 Å². The maximum atomic E-state index is 10.0. The van der Waals surface area contributed by atoms with Gasteiger partial charge in [0.2, 0.25) is 0 Å². The molecule has 0 radical (unpaired) electrons. The van der Waals surface area contributed by atoms with Crippen molar-refractivity contribution in [2.75, 3.05) is 26.8 Å². The summed E-state index contributed by atoms with van der Waals surface area (Å²) < 4.78 is 5.33. The van der Waals surface area contributed by atoms with E-state index in [1.165, 1.54) is 0 Å². The van der Waals surface area contributed by atoms with Gasteiger partial charge in [-0.15, -0.1) is 0 Å². The molecule has 1 atom stereocenters. The van der Waals surface area contributed by atoms with Crippen molar-refractivity contribution >= 4 is 0 Å². The second-order valence-corrected chi connectivity index (χ2v) is 5.66. The van der Waals surface area contributed by atoms with Crippen molar-refractivity contribution in [3.63, 3.8) is 0 Å². The number of aliphatic hydroxyl groups excluding tert-OH is 1. The molecule has 1 aliphatic heterocycles. The second kappa shape index (κ2) is 5.28. The third-order valence-corrected chi connectivity index (χ3v) is 3.27. The molecule has 0 saturated carbocycles. The average Bonchev–Trinajstić information content (AvgIpc) is 2.17. The van der Waals surface area contributed by atoms with Crippen molar-refractivity contribution < 1.29 is 9.84 Å². The highest BCUT2D eigenvalue weighted by Gasteiger charge is 2.26. The Balaban J connectivity index is 2.36. The molecule has 0 aromatic rings. The largest absolute Gasteiger partial charge is 0.391 e. The van der Waals surface area contributed by atoms with E-state index < -0.39 is 0 Å². The molecule has 15 heavy (non-hydrogen) atoms. The Hall–Kier alpha value is -0.120. The van der Waals surface area contributed by atoms with Crippen molar-refractivity contribution in [1.82, 2.24) is 4.90 Å². The number of likely N-dealkylation sites (N-methyl/N-ethyl adjacent to an activating group) is 1. The molecule has 0 aromatic carbocycles. The highest BCUT2D eigenvalue weighted by molar-refractivity contribution is 4.79. The van der Waals surface area contributed by atoms with Gasteiger partial charge in [-0.05, 0) is 25.3 Å². The zero-order valence-electron chi connectivity index (χ0n) is 10.5. The van der Waals surface area contributed by atoms with E-state index in [1.807, 2.05) is 0 Å². The van der Waals surface area contributed by atoms with Gasteiger partial charge in [0.25, 0.3) is 0 Å². The summed E-state index contributed by atoms with van der Waals surface area (Å²) in [6, 6.07) is 0.579. The van der Waals surface area contributed by atoms with Crippen LogP contribution in [-0.4, -0.2) is 49.0 Å². The van der Waals surface area contributed by atoms with E-state index >= 15 is 0 Å². The van der Waals surface area contributed by atoms with Gasteiger partial charge in [0, 0.05) is 25.8 Å². The predicted octanol–water partition coefficient (Wildman–Crippen LogP) is 1.50. The highest BCUT2D eigenvalue weighted by Crippen LogP contribution is 2.21. The second-order valence-electron chi connectivity index (χ2n) is 5.66. The van der Waals surface area contributed by atoms with Crippen LogP contribution in [0.5, 0.6) is 0 Å².